The SMILES string of the molecule is CC(C)(O)C1(C#N)CCCOC1. The minimum Gasteiger partial charge on any atom is -0.389 e. The number of hydrogen-bond acceptors (Lipinski definition) is 3. The molecule has 0 saturated carbocycles. The number of nitrogens with zero attached hydrogens (tertiary/aromatic N) is 1. The second-order valence-corrected chi connectivity index (χ2v) is 3.91. The van der Waals surface area contributed by atoms with E-state index in [9.17, 15) is 5.11 Å². The van der Waals surface area contributed by atoms with Crippen LogP contribution in [0, 0.1) is 16.7 Å². The Morgan fingerprint density at radius 2 is 2.25 bits per heavy atom. The fourth-order valence-corrected chi connectivity index (χ4v) is 1.50. The molecule has 1 aliphatic heterocycles. The maximum Gasteiger partial charge on any atom is 0.109 e. The Hall–Kier alpha value is -0.590. The van der Waals surface area contributed by atoms with E-state index in [1.165, 1.54) is 0 Å². The Balaban J connectivity index is 2.83. The second kappa shape index (κ2) is 3.04. The molecule has 68 valence electrons. The van der Waals surface area contributed by atoms with E-state index in [0.29, 0.717) is 13.2 Å². The number of hydrogen-bond donors (Lipinski definition) is 1. The smallest absolute Gasteiger partial charge is 0.109 e. The molecule has 1 fully saturated rings. The lowest BCUT2D eigenvalue weighted by atomic mass is 9.71. The lowest BCUT2D eigenvalue weighted by Gasteiger charge is -2.39. The van der Waals surface area contributed by atoms with E-state index >= 15 is 0 Å². The summed E-state index contributed by atoms with van der Waals surface area (Å²) < 4.78 is 5.22. The lowest BCUT2D eigenvalue weighted by Crippen LogP contribution is -2.48. The van der Waals surface area contributed by atoms with Crippen LogP contribution < -0.4 is 0 Å². The van der Waals surface area contributed by atoms with Crippen LogP contribution in [0.3, 0.4) is 0 Å². The molecule has 1 aliphatic rings. The summed E-state index contributed by atoms with van der Waals surface area (Å²) in [5.74, 6) is 0. The zero-order valence-corrected chi connectivity index (χ0v) is 7.63. The summed E-state index contributed by atoms with van der Waals surface area (Å²) in [6.45, 7) is 4.41. The highest BCUT2D eigenvalue weighted by atomic mass is 16.5. The Labute approximate surface area is 73.0 Å². The largest absolute Gasteiger partial charge is 0.389 e. The molecular formula is C9H15NO2. The Kier molecular flexibility index (Phi) is 2.41. The standard InChI is InChI=1S/C9H15NO2/c1-8(2,11)9(6-10)4-3-5-12-7-9/h11H,3-5,7H2,1-2H3. The van der Waals surface area contributed by atoms with Gasteiger partial charge in [0.1, 0.15) is 5.41 Å². The maximum absolute atomic E-state index is 9.79. The molecule has 3 nitrogen and oxygen atoms in total. The molecule has 0 amide bonds. The third kappa shape index (κ3) is 1.45. The first-order valence-corrected chi connectivity index (χ1v) is 4.23. The monoisotopic (exact) mass is 169 g/mol. The summed E-state index contributed by atoms with van der Waals surface area (Å²) in [6.07, 6.45) is 1.59. The second-order valence-electron chi connectivity index (χ2n) is 3.91. The van der Waals surface area contributed by atoms with E-state index < -0.39 is 11.0 Å². The van der Waals surface area contributed by atoms with Crippen LogP contribution >= 0.6 is 0 Å². The van der Waals surface area contributed by atoms with Crippen LogP contribution in [-0.4, -0.2) is 23.9 Å². The summed E-state index contributed by atoms with van der Waals surface area (Å²) in [6, 6.07) is 2.18. The van der Waals surface area contributed by atoms with E-state index in [0.717, 1.165) is 12.8 Å². The quantitative estimate of drug-likeness (QED) is 0.639. The maximum atomic E-state index is 9.79. The van der Waals surface area contributed by atoms with Crippen molar-refractivity contribution in [2.75, 3.05) is 13.2 Å². The van der Waals surface area contributed by atoms with Gasteiger partial charge < -0.3 is 9.84 Å². The molecule has 1 unspecified atom stereocenters. The molecule has 1 saturated heterocycles. The van der Waals surface area contributed by atoms with Crippen molar-refractivity contribution in [2.24, 2.45) is 5.41 Å². The molecule has 0 radical (unpaired) electrons. The molecule has 1 rings (SSSR count). The topological polar surface area (TPSA) is 53.2 Å². The predicted octanol–water partition coefficient (Wildman–Crippen LogP) is 1.08. The van der Waals surface area contributed by atoms with E-state index in [1.54, 1.807) is 13.8 Å². The normalized spacial score (nSPS) is 31.2. The van der Waals surface area contributed by atoms with Crippen molar-refractivity contribution in [3.8, 4) is 6.07 Å². The van der Waals surface area contributed by atoms with Gasteiger partial charge in [-0.1, -0.05) is 0 Å². The zero-order valence-electron chi connectivity index (χ0n) is 7.63. The van der Waals surface area contributed by atoms with Crippen LogP contribution in [0.1, 0.15) is 26.7 Å². The molecular weight excluding hydrogens is 154 g/mol. The van der Waals surface area contributed by atoms with Gasteiger partial charge in [0.15, 0.2) is 0 Å². The first-order valence-electron chi connectivity index (χ1n) is 4.23. The molecule has 0 aromatic rings. The van der Waals surface area contributed by atoms with Crippen molar-refractivity contribution in [3.05, 3.63) is 0 Å². The van der Waals surface area contributed by atoms with Crippen LogP contribution in [-0.2, 0) is 4.74 Å². The van der Waals surface area contributed by atoms with Crippen molar-refractivity contribution in [2.45, 2.75) is 32.3 Å². The first kappa shape index (κ1) is 9.50. The van der Waals surface area contributed by atoms with Gasteiger partial charge in [0.2, 0.25) is 0 Å². The highest BCUT2D eigenvalue weighted by Crippen LogP contribution is 2.38. The van der Waals surface area contributed by atoms with E-state index in [4.69, 9.17) is 10.00 Å². The summed E-state index contributed by atoms with van der Waals surface area (Å²) in [4.78, 5) is 0. The van der Waals surface area contributed by atoms with Gasteiger partial charge in [0.05, 0.1) is 18.3 Å². The van der Waals surface area contributed by atoms with Gasteiger partial charge in [0, 0.05) is 6.61 Å². The minimum absolute atomic E-state index is 0.354. The summed E-state index contributed by atoms with van der Waals surface area (Å²) in [5.41, 5.74) is -1.67. The van der Waals surface area contributed by atoms with Crippen molar-refractivity contribution >= 4 is 0 Å². The van der Waals surface area contributed by atoms with Crippen molar-refractivity contribution in [3.63, 3.8) is 0 Å². The lowest BCUT2D eigenvalue weighted by molar-refractivity contribution is -0.0970. The molecule has 1 atom stereocenters. The van der Waals surface area contributed by atoms with Crippen LogP contribution in [0.2, 0.25) is 0 Å². The third-order valence-electron chi connectivity index (χ3n) is 2.63. The molecule has 0 spiro atoms. The van der Waals surface area contributed by atoms with Gasteiger partial charge in [-0.3, -0.25) is 0 Å². The number of aliphatic hydroxyl groups is 1. The fourth-order valence-electron chi connectivity index (χ4n) is 1.50. The Morgan fingerprint density at radius 1 is 1.58 bits per heavy atom. The number of rotatable bonds is 1. The summed E-state index contributed by atoms with van der Waals surface area (Å²) in [5, 5.41) is 18.8. The summed E-state index contributed by atoms with van der Waals surface area (Å²) in [7, 11) is 0. The van der Waals surface area contributed by atoms with Gasteiger partial charge in [-0.15, -0.1) is 0 Å². The third-order valence-corrected chi connectivity index (χ3v) is 2.63. The molecule has 0 aromatic carbocycles. The molecule has 0 aliphatic carbocycles. The molecule has 1 heterocycles. The van der Waals surface area contributed by atoms with Crippen molar-refractivity contribution in [1.82, 2.24) is 0 Å². The van der Waals surface area contributed by atoms with Gasteiger partial charge in [-0.25, -0.2) is 0 Å². The Bertz CT molecular complexity index is 194. The average Bonchev–Trinajstić information content (AvgIpc) is 2.04. The van der Waals surface area contributed by atoms with Gasteiger partial charge in [-0.05, 0) is 26.7 Å². The first-order chi connectivity index (χ1) is 5.52. The van der Waals surface area contributed by atoms with Crippen LogP contribution in [0.4, 0.5) is 0 Å². The fraction of sp³-hybridized carbons (Fsp3) is 0.889. The van der Waals surface area contributed by atoms with E-state index in [1.807, 2.05) is 0 Å². The molecule has 0 bridgehead atoms. The van der Waals surface area contributed by atoms with E-state index in [-0.39, 0.29) is 0 Å². The van der Waals surface area contributed by atoms with Crippen LogP contribution in [0.15, 0.2) is 0 Å². The van der Waals surface area contributed by atoms with Gasteiger partial charge >= 0.3 is 0 Å². The Morgan fingerprint density at radius 3 is 2.50 bits per heavy atom. The number of nitriles is 1. The highest BCUT2D eigenvalue weighted by Gasteiger charge is 2.45. The predicted molar refractivity (Wildman–Crippen MR) is 44.4 cm³/mol. The van der Waals surface area contributed by atoms with Crippen molar-refractivity contribution < 1.29 is 9.84 Å². The molecule has 0 aromatic heterocycles. The zero-order chi connectivity index (χ0) is 9.24. The number of ether oxygens (including phenoxy) is 1. The summed E-state index contributed by atoms with van der Waals surface area (Å²) >= 11 is 0. The van der Waals surface area contributed by atoms with Gasteiger partial charge in [0.25, 0.3) is 0 Å². The molecule has 1 N–H and O–H groups in total. The minimum atomic E-state index is -0.970. The van der Waals surface area contributed by atoms with Crippen molar-refractivity contribution in [1.29, 1.82) is 5.26 Å². The highest BCUT2D eigenvalue weighted by molar-refractivity contribution is 5.09. The van der Waals surface area contributed by atoms with Crippen LogP contribution in [0.25, 0.3) is 0 Å². The molecule has 12 heavy (non-hydrogen) atoms. The average molecular weight is 169 g/mol. The van der Waals surface area contributed by atoms with Gasteiger partial charge in [-0.2, -0.15) is 5.26 Å². The van der Waals surface area contributed by atoms with Crippen LogP contribution in [0.5, 0.6) is 0 Å². The molecule has 3 heteroatoms. The van der Waals surface area contributed by atoms with E-state index in [2.05, 4.69) is 6.07 Å².